The molecule has 1 heterocycles. The summed E-state index contributed by atoms with van der Waals surface area (Å²) in [5.41, 5.74) is 1.24. The maximum absolute atomic E-state index is 12.2. The zero-order valence-corrected chi connectivity index (χ0v) is 15.7. The molecule has 0 saturated carbocycles. The fourth-order valence-corrected chi connectivity index (χ4v) is 2.96. The lowest BCUT2D eigenvalue weighted by molar-refractivity contribution is -0.119. The minimum absolute atomic E-state index is 0.0516. The number of aromatic nitrogens is 2. The van der Waals surface area contributed by atoms with E-state index in [1.54, 1.807) is 20.0 Å². The number of rotatable bonds is 6. The van der Waals surface area contributed by atoms with Crippen LogP contribution < -0.4 is 5.32 Å². The summed E-state index contributed by atoms with van der Waals surface area (Å²) in [5, 5.41) is 6.40. The van der Waals surface area contributed by atoms with E-state index < -0.39 is 28.5 Å². The van der Waals surface area contributed by atoms with E-state index in [4.69, 9.17) is 4.74 Å². The Morgan fingerprint density at radius 1 is 1.31 bits per heavy atom. The van der Waals surface area contributed by atoms with E-state index in [0.29, 0.717) is 11.3 Å². The molecular formula is C16H20N4O5S. The minimum Gasteiger partial charge on any atom is -0.452 e. The lowest BCUT2D eigenvalue weighted by atomic mass is 10.2. The number of anilines is 1. The van der Waals surface area contributed by atoms with Gasteiger partial charge in [-0.1, -0.05) is 6.07 Å². The molecule has 2 aromatic rings. The van der Waals surface area contributed by atoms with Crippen molar-refractivity contribution in [3.05, 3.63) is 41.7 Å². The van der Waals surface area contributed by atoms with Gasteiger partial charge >= 0.3 is 5.97 Å². The smallest absolute Gasteiger partial charge is 0.341 e. The highest BCUT2D eigenvalue weighted by molar-refractivity contribution is 7.89. The van der Waals surface area contributed by atoms with Crippen molar-refractivity contribution in [2.45, 2.75) is 11.8 Å². The summed E-state index contributed by atoms with van der Waals surface area (Å²) < 4.78 is 31.8. The largest absolute Gasteiger partial charge is 0.452 e. The van der Waals surface area contributed by atoms with E-state index in [1.165, 1.54) is 43.3 Å². The van der Waals surface area contributed by atoms with Crippen LogP contribution in [0.5, 0.6) is 0 Å². The molecule has 140 valence electrons. The molecule has 0 radical (unpaired) electrons. The third-order valence-electron chi connectivity index (χ3n) is 3.54. The molecule has 1 N–H and O–H groups in total. The third-order valence-corrected chi connectivity index (χ3v) is 5.35. The molecule has 0 aliphatic heterocycles. The SMILES string of the molecule is Cc1ccc(S(=O)(=O)N(C)C)cc1NC(=O)COC(=O)c1cnn(C)c1. The molecule has 2 rings (SSSR count). The van der Waals surface area contributed by atoms with Crippen LogP contribution in [0.1, 0.15) is 15.9 Å². The monoisotopic (exact) mass is 380 g/mol. The Morgan fingerprint density at radius 2 is 2.00 bits per heavy atom. The summed E-state index contributed by atoms with van der Waals surface area (Å²) in [5.74, 6) is -1.25. The number of benzene rings is 1. The normalized spacial score (nSPS) is 11.4. The summed E-state index contributed by atoms with van der Waals surface area (Å²) >= 11 is 0. The molecule has 0 fully saturated rings. The molecule has 0 saturated heterocycles. The van der Waals surface area contributed by atoms with E-state index >= 15 is 0 Å². The van der Waals surface area contributed by atoms with Gasteiger partial charge in [0, 0.05) is 33.0 Å². The van der Waals surface area contributed by atoms with Gasteiger partial charge in [0.2, 0.25) is 10.0 Å². The second kappa shape index (κ2) is 7.67. The lowest BCUT2D eigenvalue weighted by Crippen LogP contribution is -2.23. The first kappa shape index (κ1) is 19.6. The second-order valence-electron chi connectivity index (χ2n) is 5.79. The summed E-state index contributed by atoms with van der Waals surface area (Å²) in [4.78, 5) is 23.9. The van der Waals surface area contributed by atoms with Crippen LogP contribution in [0.15, 0.2) is 35.5 Å². The molecule has 0 atom stereocenters. The molecule has 1 aromatic carbocycles. The average molecular weight is 380 g/mol. The number of carbonyl (C=O) groups excluding carboxylic acids is 2. The maximum Gasteiger partial charge on any atom is 0.341 e. The first-order valence-electron chi connectivity index (χ1n) is 7.60. The Labute approximate surface area is 151 Å². The van der Waals surface area contributed by atoms with Crippen LogP contribution in [-0.4, -0.2) is 55.1 Å². The first-order chi connectivity index (χ1) is 12.1. The summed E-state index contributed by atoms with van der Waals surface area (Å²) in [6.45, 7) is 1.22. The van der Waals surface area contributed by atoms with Crippen LogP contribution in [0.2, 0.25) is 0 Å². The van der Waals surface area contributed by atoms with E-state index in [0.717, 1.165) is 4.31 Å². The summed E-state index contributed by atoms with van der Waals surface area (Å²) in [6, 6.07) is 4.42. The molecule has 0 aliphatic carbocycles. The Balaban J connectivity index is 2.05. The van der Waals surface area contributed by atoms with Gasteiger partial charge < -0.3 is 10.1 Å². The van der Waals surface area contributed by atoms with Crippen LogP contribution in [0, 0.1) is 6.92 Å². The highest BCUT2D eigenvalue weighted by Gasteiger charge is 2.19. The summed E-state index contributed by atoms with van der Waals surface area (Å²) in [7, 11) is 0.874. The molecular weight excluding hydrogens is 360 g/mol. The highest BCUT2D eigenvalue weighted by atomic mass is 32.2. The molecule has 26 heavy (non-hydrogen) atoms. The standard InChI is InChI=1S/C16H20N4O5S/c1-11-5-6-13(26(23,24)19(2)3)7-14(11)18-15(21)10-25-16(22)12-8-17-20(4)9-12/h5-9H,10H2,1-4H3,(H,18,21). The Hall–Kier alpha value is -2.72. The van der Waals surface area contributed by atoms with Gasteiger partial charge in [-0.3, -0.25) is 9.48 Å². The number of aryl methyl sites for hydroxylation is 2. The first-order valence-corrected chi connectivity index (χ1v) is 9.04. The number of hydrogen-bond donors (Lipinski definition) is 1. The third kappa shape index (κ3) is 4.46. The Kier molecular flexibility index (Phi) is 5.78. The number of esters is 1. The number of nitrogens with one attached hydrogen (secondary N) is 1. The fourth-order valence-electron chi connectivity index (χ4n) is 2.03. The fraction of sp³-hybridized carbons (Fsp3) is 0.312. The number of nitrogens with zero attached hydrogens (tertiary/aromatic N) is 3. The van der Waals surface area contributed by atoms with E-state index in [-0.39, 0.29) is 10.5 Å². The van der Waals surface area contributed by atoms with Crippen LogP contribution in [0.3, 0.4) is 0 Å². The van der Waals surface area contributed by atoms with Crippen molar-refractivity contribution >= 4 is 27.6 Å². The van der Waals surface area contributed by atoms with E-state index in [9.17, 15) is 18.0 Å². The van der Waals surface area contributed by atoms with Crippen molar-refractivity contribution in [2.75, 3.05) is 26.0 Å². The van der Waals surface area contributed by atoms with Crippen molar-refractivity contribution in [3.8, 4) is 0 Å². The lowest BCUT2D eigenvalue weighted by Gasteiger charge is -2.14. The summed E-state index contributed by atoms with van der Waals surface area (Å²) in [6.07, 6.45) is 2.81. The predicted molar refractivity (Wildman–Crippen MR) is 94.2 cm³/mol. The van der Waals surface area contributed by atoms with Gasteiger partial charge in [-0.2, -0.15) is 5.10 Å². The zero-order chi connectivity index (χ0) is 19.5. The number of amides is 1. The Morgan fingerprint density at radius 3 is 2.58 bits per heavy atom. The topological polar surface area (TPSA) is 111 Å². The molecule has 0 spiro atoms. The van der Waals surface area contributed by atoms with Crippen molar-refractivity contribution in [2.24, 2.45) is 7.05 Å². The van der Waals surface area contributed by atoms with Gasteiger partial charge in [0.05, 0.1) is 16.7 Å². The van der Waals surface area contributed by atoms with Gasteiger partial charge in [0.15, 0.2) is 6.61 Å². The maximum atomic E-state index is 12.2. The zero-order valence-electron chi connectivity index (χ0n) is 14.9. The number of ether oxygens (including phenoxy) is 1. The quantitative estimate of drug-likeness (QED) is 0.741. The molecule has 1 amide bonds. The van der Waals surface area contributed by atoms with Crippen molar-refractivity contribution in [1.82, 2.24) is 14.1 Å². The molecule has 10 heteroatoms. The Bertz CT molecular complexity index is 934. The second-order valence-corrected chi connectivity index (χ2v) is 7.94. The highest BCUT2D eigenvalue weighted by Crippen LogP contribution is 2.22. The van der Waals surface area contributed by atoms with Crippen LogP contribution >= 0.6 is 0 Å². The van der Waals surface area contributed by atoms with Crippen LogP contribution in [0.4, 0.5) is 5.69 Å². The van der Waals surface area contributed by atoms with Crippen LogP contribution in [-0.2, 0) is 26.6 Å². The van der Waals surface area contributed by atoms with Gasteiger partial charge in [-0.05, 0) is 24.6 Å². The van der Waals surface area contributed by atoms with Crippen molar-refractivity contribution < 1.29 is 22.7 Å². The average Bonchev–Trinajstić information content (AvgIpc) is 3.01. The number of hydrogen-bond acceptors (Lipinski definition) is 6. The van der Waals surface area contributed by atoms with E-state index in [2.05, 4.69) is 10.4 Å². The van der Waals surface area contributed by atoms with Crippen molar-refractivity contribution in [1.29, 1.82) is 0 Å². The molecule has 1 aromatic heterocycles. The number of carbonyl (C=O) groups is 2. The molecule has 0 bridgehead atoms. The van der Waals surface area contributed by atoms with E-state index in [1.807, 2.05) is 0 Å². The predicted octanol–water partition coefficient (Wildman–Crippen LogP) is 0.774. The van der Waals surface area contributed by atoms with Gasteiger partial charge in [-0.15, -0.1) is 0 Å². The number of sulfonamides is 1. The van der Waals surface area contributed by atoms with Gasteiger partial charge in [0.1, 0.15) is 0 Å². The molecule has 0 unspecified atom stereocenters. The van der Waals surface area contributed by atoms with Gasteiger partial charge in [-0.25, -0.2) is 17.5 Å². The van der Waals surface area contributed by atoms with Crippen molar-refractivity contribution in [3.63, 3.8) is 0 Å². The van der Waals surface area contributed by atoms with Gasteiger partial charge in [0.25, 0.3) is 5.91 Å². The van der Waals surface area contributed by atoms with Crippen LogP contribution in [0.25, 0.3) is 0 Å². The molecule has 0 aliphatic rings. The minimum atomic E-state index is -3.62. The molecule has 9 nitrogen and oxygen atoms in total.